The van der Waals surface area contributed by atoms with Crippen LogP contribution in [-0.2, 0) is 22.3 Å². The number of aromatic nitrogens is 4. The molecule has 2 aromatic heterocycles. The van der Waals surface area contributed by atoms with Crippen LogP contribution in [-0.4, -0.2) is 52.6 Å². The Bertz CT molecular complexity index is 1090. The molecule has 0 spiro atoms. The van der Waals surface area contributed by atoms with Gasteiger partial charge in [-0.2, -0.15) is 0 Å². The summed E-state index contributed by atoms with van der Waals surface area (Å²) in [6, 6.07) is 5.46. The molecule has 0 amide bonds. The Morgan fingerprint density at radius 2 is 2.03 bits per heavy atom. The van der Waals surface area contributed by atoms with E-state index in [4.69, 9.17) is 4.98 Å². The van der Waals surface area contributed by atoms with Gasteiger partial charge >= 0.3 is 0 Å². The molecule has 0 saturated carbocycles. The summed E-state index contributed by atoms with van der Waals surface area (Å²) in [5.74, 6) is 1.54. The van der Waals surface area contributed by atoms with Gasteiger partial charge in [0.15, 0.2) is 4.34 Å². The zero-order valence-electron chi connectivity index (χ0n) is 17.2. The molecule has 0 bridgehead atoms. The number of aryl methyl sites for hydroxylation is 1. The molecular weight excluding hydrogens is 428 g/mol. The average molecular weight is 455 g/mol. The molecule has 0 aliphatic rings. The summed E-state index contributed by atoms with van der Waals surface area (Å²) >= 11 is 3.11. The highest BCUT2D eigenvalue weighted by Crippen LogP contribution is 2.30. The van der Waals surface area contributed by atoms with Crippen molar-refractivity contribution < 1.29 is 8.42 Å². The molecule has 1 aromatic carbocycles. The molecule has 158 valence electrons. The molecule has 0 unspecified atom stereocenters. The average Bonchev–Trinajstić information content (AvgIpc) is 3.23. The molecule has 1 N–H and O–H groups in total. The standard InChI is InChI=1S/C18H26N6O2S3/c1-6-9-24-15-8-7-13(29(25,26)23(4)5)10-14(15)20-16(24)11-27-18-22-21-17(28-18)19-12(2)3/h7-8,10,12H,6,9,11H2,1-5H3,(H,19,21). The van der Waals surface area contributed by atoms with Crippen LogP contribution in [0.2, 0.25) is 0 Å². The highest BCUT2D eigenvalue weighted by atomic mass is 32.2. The van der Waals surface area contributed by atoms with E-state index in [2.05, 4.69) is 40.9 Å². The fourth-order valence-corrected chi connectivity index (χ4v) is 5.58. The van der Waals surface area contributed by atoms with Crippen molar-refractivity contribution in [2.45, 2.75) is 54.8 Å². The maximum absolute atomic E-state index is 12.4. The maximum atomic E-state index is 12.4. The van der Waals surface area contributed by atoms with E-state index in [1.54, 1.807) is 23.9 Å². The minimum Gasteiger partial charge on any atom is -0.358 e. The molecule has 3 rings (SSSR count). The second-order valence-electron chi connectivity index (χ2n) is 7.08. The van der Waals surface area contributed by atoms with Crippen LogP contribution in [0, 0.1) is 0 Å². The summed E-state index contributed by atoms with van der Waals surface area (Å²) in [6.07, 6.45) is 0.960. The smallest absolute Gasteiger partial charge is 0.242 e. The molecule has 8 nitrogen and oxygen atoms in total. The van der Waals surface area contributed by atoms with E-state index >= 15 is 0 Å². The lowest BCUT2D eigenvalue weighted by atomic mass is 10.3. The summed E-state index contributed by atoms with van der Waals surface area (Å²) in [4.78, 5) is 4.99. The van der Waals surface area contributed by atoms with Crippen LogP contribution in [0.5, 0.6) is 0 Å². The fraction of sp³-hybridized carbons (Fsp3) is 0.500. The number of nitrogens with zero attached hydrogens (tertiary/aromatic N) is 5. The van der Waals surface area contributed by atoms with Crippen molar-refractivity contribution in [3.63, 3.8) is 0 Å². The van der Waals surface area contributed by atoms with Crippen LogP contribution in [0.4, 0.5) is 5.13 Å². The van der Waals surface area contributed by atoms with Gasteiger partial charge in [-0.05, 0) is 38.5 Å². The number of fused-ring (bicyclic) bond motifs is 1. The van der Waals surface area contributed by atoms with Gasteiger partial charge in [-0.3, -0.25) is 0 Å². The Morgan fingerprint density at radius 3 is 2.69 bits per heavy atom. The molecule has 0 fully saturated rings. The zero-order valence-corrected chi connectivity index (χ0v) is 19.7. The first kappa shape index (κ1) is 22.0. The van der Waals surface area contributed by atoms with Crippen molar-refractivity contribution >= 4 is 49.3 Å². The quantitative estimate of drug-likeness (QED) is 0.493. The molecule has 0 aliphatic heterocycles. The number of hydrogen-bond donors (Lipinski definition) is 1. The van der Waals surface area contributed by atoms with Gasteiger partial charge in [0.05, 0.1) is 21.7 Å². The van der Waals surface area contributed by atoms with Crippen molar-refractivity contribution in [1.82, 2.24) is 24.1 Å². The molecule has 0 radical (unpaired) electrons. The summed E-state index contributed by atoms with van der Waals surface area (Å²) in [7, 11) is -0.432. The van der Waals surface area contributed by atoms with Gasteiger partial charge in [0.1, 0.15) is 5.82 Å². The van der Waals surface area contributed by atoms with Crippen molar-refractivity contribution in [3.8, 4) is 0 Å². The van der Waals surface area contributed by atoms with Gasteiger partial charge in [0.2, 0.25) is 15.2 Å². The first-order valence-corrected chi connectivity index (χ1v) is 12.6. The molecule has 29 heavy (non-hydrogen) atoms. The maximum Gasteiger partial charge on any atom is 0.242 e. The van der Waals surface area contributed by atoms with E-state index in [9.17, 15) is 8.42 Å². The monoisotopic (exact) mass is 454 g/mol. The van der Waals surface area contributed by atoms with E-state index in [-0.39, 0.29) is 4.90 Å². The zero-order chi connectivity index (χ0) is 21.2. The van der Waals surface area contributed by atoms with E-state index in [1.807, 2.05) is 6.07 Å². The Hall–Kier alpha value is -1.69. The van der Waals surface area contributed by atoms with Crippen LogP contribution in [0.3, 0.4) is 0 Å². The minimum absolute atomic E-state index is 0.254. The van der Waals surface area contributed by atoms with Crippen molar-refractivity contribution in [1.29, 1.82) is 0 Å². The number of rotatable bonds is 9. The lowest BCUT2D eigenvalue weighted by molar-refractivity contribution is 0.521. The van der Waals surface area contributed by atoms with E-state index in [0.717, 1.165) is 33.8 Å². The molecule has 0 aliphatic carbocycles. The molecule has 2 heterocycles. The largest absolute Gasteiger partial charge is 0.358 e. The molecule has 3 aromatic rings. The van der Waals surface area contributed by atoms with Gasteiger partial charge in [-0.15, -0.1) is 10.2 Å². The highest BCUT2D eigenvalue weighted by Gasteiger charge is 2.20. The molecule has 11 heteroatoms. The van der Waals surface area contributed by atoms with Crippen molar-refractivity contribution in [2.24, 2.45) is 0 Å². The normalized spacial score (nSPS) is 12.4. The van der Waals surface area contributed by atoms with Gasteiger partial charge in [-0.1, -0.05) is 30.0 Å². The highest BCUT2D eigenvalue weighted by molar-refractivity contribution is 8.00. The van der Waals surface area contributed by atoms with Gasteiger partial charge in [-0.25, -0.2) is 17.7 Å². The number of benzene rings is 1. The van der Waals surface area contributed by atoms with E-state index < -0.39 is 10.0 Å². The second kappa shape index (κ2) is 8.99. The lowest BCUT2D eigenvalue weighted by Crippen LogP contribution is -2.22. The Balaban J connectivity index is 1.88. The van der Waals surface area contributed by atoms with Crippen LogP contribution in [0.1, 0.15) is 33.0 Å². The predicted molar refractivity (Wildman–Crippen MR) is 119 cm³/mol. The third-order valence-corrected chi connectivity index (χ3v) is 7.96. The first-order valence-electron chi connectivity index (χ1n) is 9.37. The van der Waals surface area contributed by atoms with Crippen LogP contribution >= 0.6 is 23.1 Å². The summed E-state index contributed by atoms with van der Waals surface area (Å²) in [5.41, 5.74) is 1.64. The topological polar surface area (TPSA) is 93.0 Å². The third-order valence-electron chi connectivity index (χ3n) is 4.17. The van der Waals surface area contributed by atoms with Crippen molar-refractivity contribution in [2.75, 3.05) is 19.4 Å². The Kier molecular flexibility index (Phi) is 6.82. The molecule has 0 saturated heterocycles. The van der Waals surface area contributed by atoms with E-state index in [0.29, 0.717) is 17.3 Å². The number of imidazole rings is 1. The first-order chi connectivity index (χ1) is 13.7. The fourth-order valence-electron chi connectivity index (χ4n) is 2.81. The van der Waals surface area contributed by atoms with Crippen LogP contribution in [0.15, 0.2) is 27.4 Å². The Morgan fingerprint density at radius 1 is 1.28 bits per heavy atom. The number of nitrogens with one attached hydrogen (secondary N) is 1. The number of anilines is 1. The van der Waals surface area contributed by atoms with Gasteiger partial charge in [0.25, 0.3) is 0 Å². The Labute approximate surface area is 179 Å². The van der Waals surface area contributed by atoms with Crippen LogP contribution < -0.4 is 5.32 Å². The van der Waals surface area contributed by atoms with Crippen LogP contribution in [0.25, 0.3) is 11.0 Å². The minimum atomic E-state index is -3.49. The van der Waals surface area contributed by atoms with Crippen molar-refractivity contribution in [3.05, 3.63) is 24.0 Å². The van der Waals surface area contributed by atoms with Gasteiger partial charge in [0, 0.05) is 26.7 Å². The molecular formula is C18H26N6O2S3. The van der Waals surface area contributed by atoms with Gasteiger partial charge < -0.3 is 9.88 Å². The summed E-state index contributed by atoms with van der Waals surface area (Å²) < 4.78 is 29.1. The summed E-state index contributed by atoms with van der Waals surface area (Å²) in [5, 5.41) is 12.5. The predicted octanol–water partition coefficient (Wildman–Crippen LogP) is 3.66. The number of sulfonamides is 1. The SMILES string of the molecule is CCCn1c(CSc2nnc(NC(C)C)s2)nc2cc(S(=O)(=O)N(C)C)ccc21. The second-order valence-corrected chi connectivity index (χ2v) is 11.4. The number of hydrogen-bond acceptors (Lipinski definition) is 8. The number of thioether (sulfide) groups is 1. The lowest BCUT2D eigenvalue weighted by Gasteiger charge is -2.11. The summed E-state index contributed by atoms with van der Waals surface area (Å²) in [6.45, 7) is 7.06. The molecule has 0 atom stereocenters. The third kappa shape index (κ3) is 4.90. The van der Waals surface area contributed by atoms with E-state index in [1.165, 1.54) is 29.7 Å².